The van der Waals surface area contributed by atoms with Crippen molar-refractivity contribution in [3.8, 4) is 0 Å². The van der Waals surface area contributed by atoms with Gasteiger partial charge in [0, 0.05) is 0 Å². The molecule has 0 atom stereocenters. The number of carbonyl (C=O) groups is 2. The van der Waals surface area contributed by atoms with Gasteiger partial charge in [-0.1, -0.05) is 17.3 Å². The van der Waals surface area contributed by atoms with Crippen LogP contribution in [0.25, 0.3) is 10.9 Å². The molecule has 0 aliphatic carbocycles. The molecule has 0 aliphatic rings. The maximum atomic E-state index is 11.1. The molecule has 1 aromatic heterocycles. The average molecular weight is 191 g/mol. The Morgan fingerprint density at radius 2 is 2.21 bits per heavy atom. The molecular weight excluding hydrogens is 186 g/mol. The van der Waals surface area contributed by atoms with Gasteiger partial charge in [0.2, 0.25) is 0 Å². The van der Waals surface area contributed by atoms with Crippen molar-refractivity contribution >= 4 is 23.3 Å². The number of aromatic nitrogens is 1. The Kier molecular flexibility index (Phi) is 1.98. The van der Waals surface area contributed by atoms with Crippen molar-refractivity contribution in [2.75, 3.05) is 0 Å². The molecule has 0 saturated heterocycles. The Morgan fingerprint density at radius 1 is 1.43 bits per heavy atom. The van der Waals surface area contributed by atoms with Gasteiger partial charge in [-0.2, -0.15) is 0 Å². The van der Waals surface area contributed by atoms with Gasteiger partial charge in [-0.3, -0.25) is 4.79 Å². The van der Waals surface area contributed by atoms with Crippen LogP contribution in [0.4, 0.5) is 0 Å². The molecule has 2 aromatic rings. The fraction of sp³-hybridized carbons (Fsp3) is 0. The third kappa shape index (κ3) is 1.24. The molecule has 0 spiro atoms. The van der Waals surface area contributed by atoms with Crippen molar-refractivity contribution in [2.24, 2.45) is 0 Å². The maximum absolute atomic E-state index is 11.1. The first-order valence-electron chi connectivity index (χ1n) is 3.82. The van der Waals surface area contributed by atoms with Crippen LogP contribution < -0.4 is 0 Å². The first-order valence-corrected chi connectivity index (χ1v) is 3.82. The number of hydrogen-bond donors (Lipinski definition) is 0. The minimum absolute atomic E-state index is 0.0552. The van der Waals surface area contributed by atoms with Gasteiger partial charge in [-0.15, -0.1) is 0 Å². The van der Waals surface area contributed by atoms with Gasteiger partial charge >= 0.3 is 12.4 Å². The highest BCUT2D eigenvalue weighted by molar-refractivity contribution is 6.02. The number of hydrogen-bond acceptors (Lipinski definition) is 5. The lowest BCUT2D eigenvalue weighted by Crippen LogP contribution is -2.01. The highest BCUT2D eigenvalue weighted by Gasteiger charge is 2.17. The Labute approximate surface area is 78.2 Å². The minimum atomic E-state index is -0.839. The van der Waals surface area contributed by atoms with Crippen LogP contribution in [0.2, 0.25) is 0 Å². The molecule has 1 heterocycles. The van der Waals surface area contributed by atoms with E-state index in [4.69, 9.17) is 4.52 Å². The van der Waals surface area contributed by atoms with E-state index in [1.807, 2.05) is 0 Å². The van der Waals surface area contributed by atoms with E-state index in [0.29, 0.717) is 10.9 Å². The van der Waals surface area contributed by atoms with Crippen molar-refractivity contribution in [3.63, 3.8) is 0 Å². The smallest absolute Gasteiger partial charge is 0.385 e. The van der Waals surface area contributed by atoms with Gasteiger partial charge in [0.05, 0.1) is 5.39 Å². The molecule has 2 rings (SSSR count). The zero-order valence-corrected chi connectivity index (χ0v) is 6.97. The van der Waals surface area contributed by atoms with Crippen LogP contribution in [-0.2, 0) is 9.53 Å². The number of benzene rings is 1. The van der Waals surface area contributed by atoms with Gasteiger partial charge in [-0.05, 0) is 12.1 Å². The topological polar surface area (TPSA) is 69.4 Å². The summed E-state index contributed by atoms with van der Waals surface area (Å²) < 4.78 is 8.89. The normalized spacial score (nSPS) is 10.0. The Bertz CT molecular complexity index is 488. The van der Waals surface area contributed by atoms with E-state index in [9.17, 15) is 9.59 Å². The summed E-state index contributed by atoms with van der Waals surface area (Å²) in [6, 6.07) is 6.85. The van der Waals surface area contributed by atoms with Crippen LogP contribution in [0.1, 0.15) is 10.6 Å². The maximum Gasteiger partial charge on any atom is 0.385 e. The van der Waals surface area contributed by atoms with Crippen molar-refractivity contribution in [1.82, 2.24) is 5.16 Å². The molecule has 5 heteroatoms. The van der Waals surface area contributed by atoms with E-state index in [1.165, 1.54) is 0 Å². The van der Waals surface area contributed by atoms with Crippen molar-refractivity contribution in [3.05, 3.63) is 30.0 Å². The van der Waals surface area contributed by atoms with Crippen molar-refractivity contribution < 1.29 is 18.8 Å². The third-order valence-electron chi connectivity index (χ3n) is 1.72. The van der Waals surface area contributed by atoms with Crippen LogP contribution in [0.15, 0.2) is 28.8 Å². The lowest BCUT2D eigenvalue weighted by molar-refractivity contribution is -0.124. The van der Waals surface area contributed by atoms with Gasteiger partial charge in [0.25, 0.3) is 5.76 Å². The predicted octanol–water partition coefficient (Wildman–Crippen LogP) is 1.14. The van der Waals surface area contributed by atoms with Crippen molar-refractivity contribution in [1.29, 1.82) is 0 Å². The fourth-order valence-electron chi connectivity index (χ4n) is 1.13. The lowest BCUT2D eigenvalue weighted by atomic mass is 10.2. The molecule has 1 aromatic carbocycles. The second kappa shape index (κ2) is 3.29. The quantitative estimate of drug-likeness (QED) is 0.404. The van der Waals surface area contributed by atoms with Gasteiger partial charge in [0.15, 0.2) is 0 Å². The van der Waals surface area contributed by atoms with Crippen LogP contribution >= 0.6 is 0 Å². The van der Waals surface area contributed by atoms with E-state index in [1.54, 1.807) is 24.3 Å². The zero-order chi connectivity index (χ0) is 9.97. The number of rotatable bonds is 2. The molecule has 0 aliphatic heterocycles. The molecule has 0 saturated carbocycles. The summed E-state index contributed by atoms with van der Waals surface area (Å²) in [4.78, 5) is 21.1. The number of fused-ring (bicyclic) bond motifs is 1. The average Bonchev–Trinajstić information content (AvgIpc) is 2.61. The van der Waals surface area contributed by atoms with Crippen LogP contribution in [-0.4, -0.2) is 17.6 Å². The molecule has 0 N–H and O–H groups in total. The lowest BCUT2D eigenvalue weighted by Gasteiger charge is -1.90. The Balaban J connectivity index is 2.52. The van der Waals surface area contributed by atoms with Crippen LogP contribution in [0.3, 0.4) is 0 Å². The van der Waals surface area contributed by atoms with Crippen LogP contribution in [0.5, 0.6) is 0 Å². The summed E-state index contributed by atoms with van der Waals surface area (Å²) in [5, 5.41) is 4.16. The monoisotopic (exact) mass is 191 g/mol. The highest BCUT2D eigenvalue weighted by atomic mass is 16.6. The SMILES string of the molecule is O=COC(=O)c1onc2ccccc12. The first kappa shape index (κ1) is 8.43. The summed E-state index contributed by atoms with van der Waals surface area (Å²) in [7, 11) is 0. The van der Waals surface area contributed by atoms with E-state index in [0.717, 1.165) is 0 Å². The summed E-state index contributed by atoms with van der Waals surface area (Å²) in [6.07, 6.45) is 0. The molecule has 0 bridgehead atoms. The van der Waals surface area contributed by atoms with Crippen LogP contribution in [0, 0.1) is 0 Å². The van der Waals surface area contributed by atoms with E-state index < -0.39 is 5.97 Å². The second-order valence-corrected chi connectivity index (χ2v) is 2.53. The number of esters is 1. The standard InChI is InChI=1S/C9H5NO4/c11-5-13-9(12)8-6-3-1-2-4-7(6)10-14-8/h1-5H. The predicted molar refractivity (Wildman–Crippen MR) is 45.5 cm³/mol. The third-order valence-corrected chi connectivity index (χ3v) is 1.72. The Hall–Kier alpha value is -2.17. The summed E-state index contributed by atoms with van der Waals surface area (Å²) in [6.45, 7) is 0.0552. The molecule has 70 valence electrons. The van der Waals surface area contributed by atoms with Gasteiger partial charge in [-0.25, -0.2) is 4.79 Å². The molecule has 0 radical (unpaired) electrons. The minimum Gasteiger partial charge on any atom is -0.389 e. The summed E-state index contributed by atoms with van der Waals surface area (Å²) in [5.41, 5.74) is 0.547. The number of nitrogens with zero attached hydrogens (tertiary/aromatic N) is 1. The highest BCUT2D eigenvalue weighted by Crippen LogP contribution is 2.17. The molecule has 0 fully saturated rings. The van der Waals surface area contributed by atoms with Gasteiger partial charge < -0.3 is 9.26 Å². The molecular formula is C9H5NO4. The number of ether oxygens (including phenoxy) is 1. The summed E-state index contributed by atoms with van der Waals surface area (Å²) >= 11 is 0. The summed E-state index contributed by atoms with van der Waals surface area (Å²) in [5.74, 6) is -0.901. The molecule has 0 amide bonds. The van der Waals surface area contributed by atoms with Gasteiger partial charge in [0.1, 0.15) is 5.52 Å². The van der Waals surface area contributed by atoms with E-state index in [2.05, 4.69) is 9.89 Å². The van der Waals surface area contributed by atoms with E-state index in [-0.39, 0.29) is 12.2 Å². The number of carbonyl (C=O) groups excluding carboxylic acids is 2. The molecule has 0 unspecified atom stereocenters. The Morgan fingerprint density at radius 3 is 3.00 bits per heavy atom. The molecule has 5 nitrogen and oxygen atoms in total. The second-order valence-electron chi connectivity index (χ2n) is 2.53. The fourth-order valence-corrected chi connectivity index (χ4v) is 1.13. The zero-order valence-electron chi connectivity index (χ0n) is 6.97. The van der Waals surface area contributed by atoms with E-state index >= 15 is 0 Å². The molecule has 14 heavy (non-hydrogen) atoms. The first-order chi connectivity index (χ1) is 6.83. The largest absolute Gasteiger partial charge is 0.389 e. The van der Waals surface area contributed by atoms with Crippen molar-refractivity contribution in [2.45, 2.75) is 0 Å².